The molecule has 5 heteroatoms. The summed E-state index contributed by atoms with van der Waals surface area (Å²) in [7, 11) is 3.26. The van der Waals surface area contributed by atoms with Gasteiger partial charge in [0, 0.05) is 11.8 Å². The lowest BCUT2D eigenvalue weighted by atomic mass is 10.2. The second-order valence-corrected chi connectivity index (χ2v) is 4.01. The molecule has 0 aliphatic heterocycles. The summed E-state index contributed by atoms with van der Waals surface area (Å²) in [5, 5.41) is 4.44. The van der Waals surface area contributed by atoms with E-state index in [4.69, 9.17) is 9.47 Å². The number of rotatable bonds is 3. The second kappa shape index (κ2) is 4.61. The van der Waals surface area contributed by atoms with E-state index in [1.807, 2.05) is 42.6 Å². The van der Waals surface area contributed by atoms with Crippen molar-refractivity contribution in [3.8, 4) is 22.9 Å². The normalized spacial score (nSPS) is 10.6. The Balaban J connectivity index is 2.15. The zero-order chi connectivity index (χ0) is 13.2. The molecule has 0 saturated carbocycles. The molecule has 0 bridgehead atoms. The van der Waals surface area contributed by atoms with Crippen molar-refractivity contribution in [1.29, 1.82) is 0 Å². The molecule has 3 rings (SSSR count). The molecule has 0 saturated heterocycles. The third kappa shape index (κ3) is 1.99. The average Bonchev–Trinajstić information content (AvgIpc) is 2.91. The van der Waals surface area contributed by atoms with Crippen LogP contribution in [0.15, 0.2) is 42.6 Å². The zero-order valence-electron chi connectivity index (χ0n) is 10.7. The number of methoxy groups -OCH3 is 2. The first-order chi connectivity index (χ1) is 9.31. The van der Waals surface area contributed by atoms with Crippen molar-refractivity contribution >= 4 is 5.65 Å². The van der Waals surface area contributed by atoms with Crippen LogP contribution in [0.2, 0.25) is 0 Å². The van der Waals surface area contributed by atoms with Crippen LogP contribution in [0.25, 0.3) is 17.0 Å². The number of fused-ring (bicyclic) bond motifs is 1. The van der Waals surface area contributed by atoms with Gasteiger partial charge in [-0.15, -0.1) is 5.10 Å². The zero-order valence-corrected chi connectivity index (χ0v) is 10.7. The summed E-state index contributed by atoms with van der Waals surface area (Å²) in [6.45, 7) is 0. The molecule has 2 heterocycles. The fourth-order valence-corrected chi connectivity index (χ4v) is 1.93. The summed E-state index contributed by atoms with van der Waals surface area (Å²) in [6, 6.07) is 11.4. The van der Waals surface area contributed by atoms with Gasteiger partial charge in [0.05, 0.1) is 14.2 Å². The van der Waals surface area contributed by atoms with Gasteiger partial charge in [-0.1, -0.05) is 12.1 Å². The molecule has 0 aliphatic rings. The number of hydrogen-bond donors (Lipinski definition) is 0. The maximum absolute atomic E-state index is 5.27. The summed E-state index contributed by atoms with van der Waals surface area (Å²) in [5.41, 5.74) is 1.60. The Labute approximate surface area is 110 Å². The summed E-state index contributed by atoms with van der Waals surface area (Å²) < 4.78 is 12.2. The standard InChI is InChI=1S/C14H13N3O2/c1-18-11-6-3-5-10(9-11)13-15-14-12(19-2)7-4-8-17(14)16-13/h3-9H,1-2H3. The molecule has 0 radical (unpaired) electrons. The third-order valence-electron chi connectivity index (χ3n) is 2.87. The smallest absolute Gasteiger partial charge is 0.198 e. The van der Waals surface area contributed by atoms with Crippen LogP contribution < -0.4 is 9.47 Å². The highest BCUT2D eigenvalue weighted by molar-refractivity contribution is 5.63. The van der Waals surface area contributed by atoms with Crippen LogP contribution in [0.5, 0.6) is 11.5 Å². The SMILES string of the molecule is COc1cccc(-c2nc3c(OC)cccn3n2)c1. The van der Waals surface area contributed by atoms with Crippen LogP contribution in [-0.4, -0.2) is 28.8 Å². The Hall–Kier alpha value is -2.56. The molecule has 0 N–H and O–H groups in total. The van der Waals surface area contributed by atoms with E-state index in [0.717, 1.165) is 11.3 Å². The van der Waals surface area contributed by atoms with Crippen LogP contribution in [0.1, 0.15) is 0 Å². The maximum atomic E-state index is 5.27. The molecule has 0 fully saturated rings. The first-order valence-corrected chi connectivity index (χ1v) is 5.85. The predicted octanol–water partition coefficient (Wildman–Crippen LogP) is 2.41. The number of ether oxygens (including phenoxy) is 2. The van der Waals surface area contributed by atoms with Crippen molar-refractivity contribution in [3.05, 3.63) is 42.6 Å². The molecule has 5 nitrogen and oxygen atoms in total. The van der Waals surface area contributed by atoms with Crippen molar-refractivity contribution in [2.75, 3.05) is 14.2 Å². The molecule has 3 aromatic rings. The highest BCUT2D eigenvalue weighted by atomic mass is 16.5. The van der Waals surface area contributed by atoms with Gasteiger partial charge in [0.2, 0.25) is 0 Å². The highest BCUT2D eigenvalue weighted by Crippen LogP contribution is 2.24. The molecule has 0 atom stereocenters. The largest absolute Gasteiger partial charge is 0.497 e. The molecule has 19 heavy (non-hydrogen) atoms. The third-order valence-corrected chi connectivity index (χ3v) is 2.87. The minimum atomic E-state index is 0.642. The number of nitrogens with zero attached hydrogens (tertiary/aromatic N) is 3. The molecular weight excluding hydrogens is 242 g/mol. The van der Waals surface area contributed by atoms with Crippen molar-refractivity contribution in [2.45, 2.75) is 0 Å². The number of pyridine rings is 1. The van der Waals surface area contributed by atoms with Gasteiger partial charge < -0.3 is 9.47 Å². The molecule has 2 aromatic heterocycles. The van der Waals surface area contributed by atoms with E-state index < -0.39 is 0 Å². The second-order valence-electron chi connectivity index (χ2n) is 4.01. The number of hydrogen-bond acceptors (Lipinski definition) is 4. The van der Waals surface area contributed by atoms with Gasteiger partial charge in [-0.3, -0.25) is 0 Å². The molecule has 0 spiro atoms. The van der Waals surface area contributed by atoms with E-state index >= 15 is 0 Å². The fourth-order valence-electron chi connectivity index (χ4n) is 1.93. The Morgan fingerprint density at radius 2 is 1.95 bits per heavy atom. The number of aromatic nitrogens is 3. The van der Waals surface area contributed by atoms with E-state index in [9.17, 15) is 0 Å². The Morgan fingerprint density at radius 3 is 2.74 bits per heavy atom. The summed E-state index contributed by atoms with van der Waals surface area (Å²) in [6.07, 6.45) is 1.84. The summed E-state index contributed by atoms with van der Waals surface area (Å²) in [4.78, 5) is 4.50. The van der Waals surface area contributed by atoms with Gasteiger partial charge in [-0.2, -0.15) is 0 Å². The summed E-state index contributed by atoms with van der Waals surface area (Å²) >= 11 is 0. The minimum absolute atomic E-state index is 0.642. The van der Waals surface area contributed by atoms with Crippen LogP contribution in [0.4, 0.5) is 0 Å². The van der Waals surface area contributed by atoms with Crippen LogP contribution in [0, 0.1) is 0 Å². The Bertz CT molecular complexity index is 722. The van der Waals surface area contributed by atoms with Gasteiger partial charge >= 0.3 is 0 Å². The first kappa shape index (κ1) is 11.5. The van der Waals surface area contributed by atoms with Gasteiger partial charge in [0.15, 0.2) is 17.2 Å². The molecule has 96 valence electrons. The van der Waals surface area contributed by atoms with Gasteiger partial charge in [-0.05, 0) is 24.3 Å². The molecule has 0 amide bonds. The van der Waals surface area contributed by atoms with E-state index in [-0.39, 0.29) is 0 Å². The summed E-state index contributed by atoms with van der Waals surface area (Å²) in [5.74, 6) is 2.12. The van der Waals surface area contributed by atoms with Gasteiger partial charge in [0.1, 0.15) is 5.75 Å². The van der Waals surface area contributed by atoms with E-state index in [1.54, 1.807) is 18.7 Å². The fraction of sp³-hybridized carbons (Fsp3) is 0.143. The van der Waals surface area contributed by atoms with Crippen LogP contribution >= 0.6 is 0 Å². The van der Waals surface area contributed by atoms with Gasteiger partial charge in [0.25, 0.3) is 0 Å². The molecular formula is C14H13N3O2. The topological polar surface area (TPSA) is 48.7 Å². The van der Waals surface area contributed by atoms with E-state index in [2.05, 4.69) is 10.1 Å². The minimum Gasteiger partial charge on any atom is -0.497 e. The lowest BCUT2D eigenvalue weighted by Crippen LogP contribution is -1.90. The molecule has 0 unspecified atom stereocenters. The van der Waals surface area contributed by atoms with Crippen molar-refractivity contribution in [3.63, 3.8) is 0 Å². The average molecular weight is 255 g/mol. The van der Waals surface area contributed by atoms with Crippen molar-refractivity contribution < 1.29 is 9.47 Å². The predicted molar refractivity (Wildman–Crippen MR) is 71.5 cm³/mol. The van der Waals surface area contributed by atoms with Gasteiger partial charge in [-0.25, -0.2) is 9.50 Å². The van der Waals surface area contributed by atoms with Crippen LogP contribution in [-0.2, 0) is 0 Å². The Morgan fingerprint density at radius 1 is 1.05 bits per heavy atom. The van der Waals surface area contributed by atoms with Crippen molar-refractivity contribution in [1.82, 2.24) is 14.6 Å². The van der Waals surface area contributed by atoms with E-state index in [0.29, 0.717) is 17.2 Å². The Kier molecular flexibility index (Phi) is 2.79. The highest BCUT2D eigenvalue weighted by Gasteiger charge is 2.10. The molecule has 0 aliphatic carbocycles. The lowest BCUT2D eigenvalue weighted by Gasteiger charge is -2.00. The molecule has 1 aromatic carbocycles. The first-order valence-electron chi connectivity index (χ1n) is 5.85. The number of benzene rings is 1. The van der Waals surface area contributed by atoms with Crippen molar-refractivity contribution in [2.24, 2.45) is 0 Å². The maximum Gasteiger partial charge on any atom is 0.198 e. The van der Waals surface area contributed by atoms with Crippen LogP contribution in [0.3, 0.4) is 0 Å². The van der Waals surface area contributed by atoms with E-state index in [1.165, 1.54) is 0 Å². The quantitative estimate of drug-likeness (QED) is 0.721. The monoisotopic (exact) mass is 255 g/mol. The lowest BCUT2D eigenvalue weighted by molar-refractivity contribution is 0.415.